The molecule has 5 heterocycles. The van der Waals surface area contributed by atoms with Gasteiger partial charge in [0.05, 0.1) is 67.0 Å². The minimum absolute atomic E-state index is 0.0116. The largest absolute Gasteiger partial charge is 0.462 e. The summed E-state index contributed by atoms with van der Waals surface area (Å²) in [6.07, 6.45) is -18.6. The Morgan fingerprint density at radius 1 is 0.641 bits per heavy atom. The van der Waals surface area contributed by atoms with E-state index in [2.05, 4.69) is 0 Å². The molecular weight excluding hydrogens is 1030 g/mol. The van der Waals surface area contributed by atoms with E-state index in [4.69, 9.17) is 56.8 Å². The molecule has 0 spiro atoms. The van der Waals surface area contributed by atoms with Crippen LogP contribution in [0, 0.1) is 16.7 Å². The highest BCUT2D eigenvalue weighted by Crippen LogP contribution is 2.71. The van der Waals surface area contributed by atoms with Crippen LogP contribution in [0.3, 0.4) is 0 Å². The summed E-state index contributed by atoms with van der Waals surface area (Å²) in [6.45, 7) is 12.4. The van der Waals surface area contributed by atoms with Crippen molar-refractivity contribution in [3.05, 3.63) is 11.6 Å². The SMILES string of the molecule is COC1CC(OC2C(O)CC(OC3C(O)CC(OC4C(O)CC(OC5CCC6(C)C(=CCC7(O)C6CC(OC(C)=O)C6(C)C(O)(C(C)=O)CCC76O)C5)OC4C)OC3C)OC2C)OC(C)C1OC1OC(CO)C(O)C(O)C1O. The molecule has 78 heavy (non-hydrogen) atoms. The van der Waals surface area contributed by atoms with Crippen molar-refractivity contribution in [1.29, 1.82) is 0 Å². The number of aliphatic hydroxyl groups excluding tert-OH is 7. The third kappa shape index (κ3) is 10.5. The number of ketones is 1. The van der Waals surface area contributed by atoms with Gasteiger partial charge in [-0.25, -0.2) is 0 Å². The molecule has 5 saturated heterocycles. The summed E-state index contributed by atoms with van der Waals surface area (Å²) in [5, 5.41) is 112. The van der Waals surface area contributed by atoms with Crippen LogP contribution in [0.4, 0.5) is 0 Å². The van der Waals surface area contributed by atoms with Crippen molar-refractivity contribution >= 4 is 11.8 Å². The fourth-order valence-corrected chi connectivity index (χ4v) is 15.2. The first-order chi connectivity index (χ1) is 36.6. The van der Waals surface area contributed by atoms with Crippen LogP contribution in [0.2, 0.25) is 0 Å². The lowest BCUT2D eigenvalue weighted by Crippen LogP contribution is -2.78. The van der Waals surface area contributed by atoms with Gasteiger partial charge in [-0.3, -0.25) is 9.59 Å². The second-order valence-corrected chi connectivity index (χ2v) is 24.2. The molecule has 10 N–H and O–H groups in total. The molecule has 5 aliphatic heterocycles. The van der Waals surface area contributed by atoms with E-state index < -0.39 is 187 Å². The van der Waals surface area contributed by atoms with Gasteiger partial charge in [-0.2, -0.15) is 0 Å². The summed E-state index contributed by atoms with van der Waals surface area (Å²) in [4.78, 5) is 25.5. The summed E-state index contributed by atoms with van der Waals surface area (Å²) in [7, 11) is 1.46. The van der Waals surface area contributed by atoms with Crippen LogP contribution in [-0.4, -0.2) is 235 Å². The third-order valence-corrected chi connectivity index (χ3v) is 19.7. The van der Waals surface area contributed by atoms with Crippen molar-refractivity contribution in [1.82, 2.24) is 0 Å². The molecule has 9 aliphatic rings. The summed E-state index contributed by atoms with van der Waals surface area (Å²) < 4.78 is 73.2. The number of fused-ring (bicyclic) bond motifs is 5. The number of carbonyl (C=O) groups is 2. The number of ether oxygens (including phenoxy) is 12. The zero-order valence-corrected chi connectivity index (χ0v) is 46.1. The molecule has 9 rings (SSSR count). The Morgan fingerprint density at radius 3 is 1.64 bits per heavy atom. The molecule has 24 nitrogen and oxygen atoms in total. The van der Waals surface area contributed by atoms with Crippen molar-refractivity contribution in [2.24, 2.45) is 16.7 Å². The predicted molar refractivity (Wildman–Crippen MR) is 264 cm³/mol. The van der Waals surface area contributed by atoms with Gasteiger partial charge in [0.1, 0.15) is 71.7 Å². The first-order valence-electron chi connectivity index (χ1n) is 27.9. The fraction of sp³-hybridized carbons (Fsp3) is 0.926. The van der Waals surface area contributed by atoms with Crippen molar-refractivity contribution in [2.75, 3.05) is 13.7 Å². The van der Waals surface area contributed by atoms with Crippen LogP contribution in [0.15, 0.2) is 11.6 Å². The van der Waals surface area contributed by atoms with Gasteiger partial charge in [-0.1, -0.05) is 18.6 Å². The van der Waals surface area contributed by atoms with E-state index >= 15 is 0 Å². The fourth-order valence-electron chi connectivity index (χ4n) is 15.2. The van der Waals surface area contributed by atoms with Gasteiger partial charge in [0.25, 0.3) is 0 Å². The molecule has 0 amide bonds. The second kappa shape index (κ2) is 22.9. The van der Waals surface area contributed by atoms with E-state index in [0.29, 0.717) is 19.3 Å². The summed E-state index contributed by atoms with van der Waals surface area (Å²) in [6, 6.07) is 0. The molecule has 29 atom stereocenters. The second-order valence-electron chi connectivity index (χ2n) is 24.2. The van der Waals surface area contributed by atoms with E-state index in [1.165, 1.54) is 21.0 Å². The van der Waals surface area contributed by atoms with E-state index in [1.54, 1.807) is 34.6 Å². The molecule has 24 heteroatoms. The minimum atomic E-state index is -2.02. The summed E-state index contributed by atoms with van der Waals surface area (Å²) >= 11 is 0. The van der Waals surface area contributed by atoms with Gasteiger partial charge >= 0.3 is 5.97 Å². The van der Waals surface area contributed by atoms with Crippen LogP contribution < -0.4 is 0 Å². The van der Waals surface area contributed by atoms with Crippen molar-refractivity contribution in [3.63, 3.8) is 0 Å². The highest BCUT2D eigenvalue weighted by Gasteiger charge is 2.81. The average Bonchev–Trinajstić information content (AvgIpc) is 2.67. The molecule has 0 aromatic rings. The molecular formula is C54H86O24. The van der Waals surface area contributed by atoms with Crippen LogP contribution in [-0.2, 0) is 66.4 Å². The Hall–Kier alpha value is -1.96. The van der Waals surface area contributed by atoms with E-state index in [0.717, 1.165) is 5.57 Å². The van der Waals surface area contributed by atoms with Gasteiger partial charge in [0.15, 0.2) is 37.2 Å². The Morgan fingerprint density at radius 2 is 1.15 bits per heavy atom. The van der Waals surface area contributed by atoms with Crippen LogP contribution in [0.1, 0.15) is 126 Å². The number of Topliss-reactive ketones (excluding diaryl/α,β-unsaturated/α-hetero) is 1. The van der Waals surface area contributed by atoms with Crippen molar-refractivity contribution in [2.45, 2.75) is 284 Å². The molecule has 29 unspecified atom stereocenters. The number of aliphatic hydroxyl groups is 10. The zero-order valence-electron chi connectivity index (χ0n) is 46.1. The lowest BCUT2D eigenvalue weighted by molar-refractivity contribution is -0.357. The third-order valence-electron chi connectivity index (χ3n) is 19.7. The topological polar surface area (TPSA) is 347 Å². The van der Waals surface area contributed by atoms with Gasteiger partial charge < -0.3 is 108 Å². The summed E-state index contributed by atoms with van der Waals surface area (Å²) in [5.41, 5.74) is -7.01. The number of rotatable bonds is 14. The number of carbonyl (C=O) groups excluding carboxylic acids is 2. The molecule has 0 aromatic heterocycles. The highest BCUT2D eigenvalue weighted by atomic mass is 16.8. The molecule has 8 fully saturated rings. The standard InChI is InChI=1S/C54H86O24/c1-23-45(31(58)17-38(68-23)73-30-11-12-50(7)29(16-30)10-13-53(65)36(50)21-37(72-28(6)57)51(8)52(64,27(5)56)14-15-54(51,53)66)75-39-18-32(59)46(24(2)69-39)76-40-19-33(60)47(25(3)70-40)77-41-20-34(67-9)48(26(4)71-41)78-49-44(63)43(62)42(61)35(22-55)74-49/h10,23-26,30-49,55,58-66H,11-22H2,1-9H3. The van der Waals surface area contributed by atoms with E-state index in [9.17, 15) is 60.7 Å². The first-order valence-corrected chi connectivity index (χ1v) is 27.9. The van der Waals surface area contributed by atoms with Gasteiger partial charge in [0.2, 0.25) is 0 Å². The molecule has 4 aliphatic carbocycles. The maximum absolute atomic E-state index is 13.0. The minimum Gasteiger partial charge on any atom is -0.462 e. The number of hydrogen-bond acceptors (Lipinski definition) is 24. The number of esters is 1. The lowest BCUT2D eigenvalue weighted by Gasteiger charge is -2.67. The van der Waals surface area contributed by atoms with E-state index in [1.807, 2.05) is 13.0 Å². The van der Waals surface area contributed by atoms with Gasteiger partial charge in [-0.15, -0.1) is 0 Å². The highest BCUT2D eigenvalue weighted by molar-refractivity contribution is 5.87. The Bertz CT molecular complexity index is 2120. The summed E-state index contributed by atoms with van der Waals surface area (Å²) in [5.74, 6) is -1.75. The lowest BCUT2D eigenvalue weighted by atomic mass is 9.42. The number of hydrogen-bond donors (Lipinski definition) is 10. The van der Waals surface area contributed by atoms with Crippen LogP contribution >= 0.6 is 0 Å². The quantitative estimate of drug-likeness (QED) is 0.0767. The van der Waals surface area contributed by atoms with Crippen molar-refractivity contribution < 1.29 is 117 Å². The van der Waals surface area contributed by atoms with E-state index in [-0.39, 0.29) is 57.5 Å². The van der Waals surface area contributed by atoms with Crippen LogP contribution in [0.25, 0.3) is 0 Å². The molecule has 0 aromatic carbocycles. The molecule has 3 saturated carbocycles. The maximum atomic E-state index is 13.0. The average molecular weight is 1120 g/mol. The monoisotopic (exact) mass is 1120 g/mol. The zero-order chi connectivity index (χ0) is 56.8. The van der Waals surface area contributed by atoms with Crippen LogP contribution in [0.5, 0.6) is 0 Å². The smallest absolute Gasteiger partial charge is 0.302 e. The molecule has 446 valence electrons. The van der Waals surface area contributed by atoms with Gasteiger partial charge in [0, 0.05) is 45.6 Å². The number of methoxy groups -OCH3 is 1. The molecule has 0 radical (unpaired) electrons. The van der Waals surface area contributed by atoms with Gasteiger partial charge in [-0.05, 0) is 91.9 Å². The Balaban J connectivity index is 0.740. The maximum Gasteiger partial charge on any atom is 0.302 e. The Labute approximate surface area is 454 Å². The normalized spacial score (nSPS) is 53.6. The Kier molecular flexibility index (Phi) is 17.8. The van der Waals surface area contributed by atoms with Crippen molar-refractivity contribution in [3.8, 4) is 0 Å². The molecule has 0 bridgehead atoms. The predicted octanol–water partition coefficient (Wildman–Crippen LogP) is -0.596. The first kappa shape index (κ1) is 60.6.